The fourth-order valence-corrected chi connectivity index (χ4v) is 2.29. The molecule has 0 unspecified atom stereocenters. The summed E-state index contributed by atoms with van der Waals surface area (Å²) in [6, 6.07) is 5.15. The molecular formula is C12H17N3O2. The topological polar surface area (TPSA) is 81.2 Å². The highest BCUT2D eigenvalue weighted by atomic mass is 16.6. The molecule has 5 heteroatoms. The van der Waals surface area contributed by atoms with Gasteiger partial charge in [-0.1, -0.05) is 19.3 Å². The van der Waals surface area contributed by atoms with Gasteiger partial charge < -0.3 is 11.1 Å². The van der Waals surface area contributed by atoms with Crippen LogP contribution in [-0.4, -0.2) is 11.0 Å². The molecule has 0 radical (unpaired) electrons. The minimum atomic E-state index is -0.387. The second-order valence-corrected chi connectivity index (χ2v) is 4.51. The second-order valence-electron chi connectivity index (χ2n) is 4.51. The van der Waals surface area contributed by atoms with E-state index in [-0.39, 0.29) is 10.6 Å². The van der Waals surface area contributed by atoms with Crippen LogP contribution in [0.2, 0.25) is 0 Å². The molecular weight excluding hydrogens is 218 g/mol. The van der Waals surface area contributed by atoms with E-state index in [0.717, 1.165) is 12.8 Å². The number of benzene rings is 1. The Hall–Kier alpha value is -1.78. The summed E-state index contributed by atoms with van der Waals surface area (Å²) in [5.41, 5.74) is 6.63. The Kier molecular flexibility index (Phi) is 3.46. The van der Waals surface area contributed by atoms with Crippen LogP contribution in [0.15, 0.2) is 18.2 Å². The quantitative estimate of drug-likeness (QED) is 0.479. The molecule has 1 aliphatic carbocycles. The van der Waals surface area contributed by atoms with Gasteiger partial charge in [-0.05, 0) is 25.0 Å². The Bertz CT molecular complexity index is 414. The minimum Gasteiger partial charge on any atom is -0.399 e. The lowest BCUT2D eigenvalue weighted by atomic mass is 9.95. The molecule has 1 saturated carbocycles. The van der Waals surface area contributed by atoms with Gasteiger partial charge in [-0.25, -0.2) is 0 Å². The average Bonchev–Trinajstić information content (AvgIpc) is 2.32. The fraction of sp³-hybridized carbons (Fsp3) is 0.500. The molecule has 0 bridgehead atoms. The molecule has 0 heterocycles. The van der Waals surface area contributed by atoms with E-state index in [9.17, 15) is 10.1 Å². The van der Waals surface area contributed by atoms with Crippen molar-refractivity contribution in [2.75, 3.05) is 11.1 Å². The highest BCUT2D eigenvalue weighted by molar-refractivity contribution is 5.67. The van der Waals surface area contributed by atoms with Gasteiger partial charge in [0.15, 0.2) is 0 Å². The molecule has 0 amide bonds. The molecule has 0 spiro atoms. The first-order chi connectivity index (χ1) is 8.16. The number of nitrogens with two attached hydrogens (primary N) is 1. The van der Waals surface area contributed by atoms with Crippen LogP contribution in [0.4, 0.5) is 17.1 Å². The molecule has 1 aromatic carbocycles. The summed E-state index contributed by atoms with van der Waals surface area (Å²) < 4.78 is 0. The molecule has 1 aromatic rings. The monoisotopic (exact) mass is 235 g/mol. The van der Waals surface area contributed by atoms with Crippen LogP contribution in [0.1, 0.15) is 32.1 Å². The number of rotatable bonds is 3. The first kappa shape index (κ1) is 11.7. The maximum Gasteiger partial charge on any atom is 0.294 e. The molecule has 1 aliphatic rings. The average molecular weight is 235 g/mol. The van der Waals surface area contributed by atoms with Crippen LogP contribution in [0, 0.1) is 10.1 Å². The fourth-order valence-electron chi connectivity index (χ4n) is 2.29. The van der Waals surface area contributed by atoms with Gasteiger partial charge in [0.2, 0.25) is 0 Å². The lowest BCUT2D eigenvalue weighted by molar-refractivity contribution is -0.383. The van der Waals surface area contributed by atoms with E-state index in [4.69, 9.17) is 5.73 Å². The number of nitrogen functional groups attached to an aromatic ring is 1. The molecule has 5 nitrogen and oxygen atoms in total. The summed E-state index contributed by atoms with van der Waals surface area (Å²) in [4.78, 5) is 10.5. The molecule has 0 atom stereocenters. The Morgan fingerprint density at radius 2 is 2.00 bits per heavy atom. The van der Waals surface area contributed by atoms with Crippen molar-refractivity contribution in [3.8, 4) is 0 Å². The van der Waals surface area contributed by atoms with Crippen molar-refractivity contribution < 1.29 is 4.92 Å². The van der Waals surface area contributed by atoms with Gasteiger partial charge in [0.1, 0.15) is 5.69 Å². The molecule has 92 valence electrons. The summed E-state index contributed by atoms with van der Waals surface area (Å²) in [7, 11) is 0. The van der Waals surface area contributed by atoms with Crippen molar-refractivity contribution in [2.24, 2.45) is 0 Å². The molecule has 17 heavy (non-hydrogen) atoms. The van der Waals surface area contributed by atoms with Crippen LogP contribution in [-0.2, 0) is 0 Å². The van der Waals surface area contributed by atoms with E-state index < -0.39 is 0 Å². The Morgan fingerprint density at radius 3 is 2.65 bits per heavy atom. The zero-order valence-corrected chi connectivity index (χ0v) is 9.69. The predicted octanol–water partition coefficient (Wildman–Crippen LogP) is 2.92. The summed E-state index contributed by atoms with van der Waals surface area (Å²) in [6.45, 7) is 0. The molecule has 0 aromatic heterocycles. The predicted molar refractivity (Wildman–Crippen MR) is 68.0 cm³/mol. The SMILES string of the molecule is Nc1ccc(NC2CCCCC2)c([N+](=O)[O-])c1. The third kappa shape index (κ3) is 2.87. The Balaban J connectivity index is 2.16. The second kappa shape index (κ2) is 5.03. The first-order valence-electron chi connectivity index (χ1n) is 5.97. The standard InChI is InChI=1S/C12H17N3O2/c13-9-6-7-11(12(8-9)15(16)17)14-10-4-2-1-3-5-10/h6-8,10,14H,1-5,13H2. The van der Waals surface area contributed by atoms with Crippen molar-refractivity contribution >= 4 is 17.1 Å². The summed E-state index contributed by atoms with van der Waals surface area (Å²) in [5, 5.41) is 14.2. The van der Waals surface area contributed by atoms with Gasteiger partial charge in [-0.3, -0.25) is 10.1 Å². The molecule has 3 N–H and O–H groups in total. The van der Waals surface area contributed by atoms with E-state index in [1.165, 1.54) is 25.3 Å². The van der Waals surface area contributed by atoms with E-state index >= 15 is 0 Å². The van der Waals surface area contributed by atoms with Crippen molar-refractivity contribution in [1.82, 2.24) is 0 Å². The Morgan fingerprint density at radius 1 is 1.29 bits per heavy atom. The lowest BCUT2D eigenvalue weighted by Crippen LogP contribution is -2.22. The van der Waals surface area contributed by atoms with E-state index in [1.807, 2.05) is 0 Å². The van der Waals surface area contributed by atoms with Gasteiger partial charge in [-0.2, -0.15) is 0 Å². The van der Waals surface area contributed by atoms with Crippen molar-refractivity contribution in [3.05, 3.63) is 28.3 Å². The zero-order valence-electron chi connectivity index (χ0n) is 9.69. The number of nitro groups is 1. The normalized spacial score (nSPS) is 16.7. The van der Waals surface area contributed by atoms with Crippen LogP contribution in [0.25, 0.3) is 0 Å². The molecule has 1 fully saturated rings. The van der Waals surface area contributed by atoms with Crippen LogP contribution < -0.4 is 11.1 Å². The van der Waals surface area contributed by atoms with Crippen molar-refractivity contribution in [2.45, 2.75) is 38.1 Å². The van der Waals surface area contributed by atoms with E-state index in [0.29, 0.717) is 17.4 Å². The number of hydrogen-bond donors (Lipinski definition) is 2. The number of anilines is 2. The van der Waals surface area contributed by atoms with E-state index in [1.54, 1.807) is 12.1 Å². The van der Waals surface area contributed by atoms with Gasteiger partial charge >= 0.3 is 0 Å². The summed E-state index contributed by atoms with van der Waals surface area (Å²) in [5.74, 6) is 0. The van der Waals surface area contributed by atoms with Gasteiger partial charge in [0.25, 0.3) is 5.69 Å². The third-order valence-corrected chi connectivity index (χ3v) is 3.18. The maximum atomic E-state index is 10.9. The van der Waals surface area contributed by atoms with Crippen molar-refractivity contribution in [1.29, 1.82) is 0 Å². The molecule has 0 saturated heterocycles. The highest BCUT2D eigenvalue weighted by Crippen LogP contribution is 2.29. The number of hydrogen-bond acceptors (Lipinski definition) is 4. The third-order valence-electron chi connectivity index (χ3n) is 3.18. The lowest BCUT2D eigenvalue weighted by Gasteiger charge is -2.23. The summed E-state index contributed by atoms with van der Waals surface area (Å²) >= 11 is 0. The van der Waals surface area contributed by atoms with Crippen LogP contribution in [0.5, 0.6) is 0 Å². The minimum absolute atomic E-state index is 0.0653. The van der Waals surface area contributed by atoms with Gasteiger partial charge in [0, 0.05) is 17.8 Å². The van der Waals surface area contributed by atoms with E-state index in [2.05, 4.69) is 5.32 Å². The Labute approximate surface area is 100 Å². The first-order valence-corrected chi connectivity index (χ1v) is 5.97. The van der Waals surface area contributed by atoms with Crippen LogP contribution in [0.3, 0.4) is 0 Å². The number of nitro benzene ring substituents is 1. The number of nitrogens with zero attached hydrogens (tertiary/aromatic N) is 1. The van der Waals surface area contributed by atoms with Gasteiger partial charge in [-0.15, -0.1) is 0 Å². The van der Waals surface area contributed by atoms with Crippen molar-refractivity contribution in [3.63, 3.8) is 0 Å². The number of nitrogens with one attached hydrogen (secondary N) is 1. The van der Waals surface area contributed by atoms with Crippen LogP contribution >= 0.6 is 0 Å². The molecule has 2 rings (SSSR count). The smallest absolute Gasteiger partial charge is 0.294 e. The largest absolute Gasteiger partial charge is 0.399 e. The zero-order chi connectivity index (χ0) is 12.3. The summed E-state index contributed by atoms with van der Waals surface area (Å²) in [6.07, 6.45) is 5.83. The highest BCUT2D eigenvalue weighted by Gasteiger charge is 2.19. The molecule has 0 aliphatic heterocycles. The maximum absolute atomic E-state index is 10.9. The van der Waals surface area contributed by atoms with Gasteiger partial charge in [0.05, 0.1) is 4.92 Å².